The first-order valence-electron chi connectivity index (χ1n) is 8.98. The third-order valence-electron chi connectivity index (χ3n) is 5.08. The molecule has 5 heteroatoms. The number of likely N-dealkylation sites (tertiary alicyclic amines) is 1. The lowest BCUT2D eigenvalue weighted by molar-refractivity contribution is -0.133. The molecule has 0 bridgehead atoms. The van der Waals surface area contributed by atoms with E-state index in [-0.39, 0.29) is 11.9 Å². The molecule has 5 nitrogen and oxygen atoms in total. The number of amides is 1. The summed E-state index contributed by atoms with van der Waals surface area (Å²) in [4.78, 5) is 19.6. The molecule has 0 radical (unpaired) electrons. The minimum absolute atomic E-state index is 0.0471. The number of aromatic nitrogens is 2. The summed E-state index contributed by atoms with van der Waals surface area (Å²) >= 11 is 0. The van der Waals surface area contributed by atoms with Crippen molar-refractivity contribution in [3.8, 4) is 0 Å². The number of hydrogen-bond donors (Lipinski definition) is 0. The Morgan fingerprint density at radius 1 is 1.28 bits per heavy atom. The van der Waals surface area contributed by atoms with Gasteiger partial charge in [-0.2, -0.15) is 0 Å². The van der Waals surface area contributed by atoms with Gasteiger partial charge in [-0.25, -0.2) is 4.98 Å². The molecule has 1 amide bonds. The number of furan rings is 1. The van der Waals surface area contributed by atoms with Gasteiger partial charge in [0, 0.05) is 18.9 Å². The van der Waals surface area contributed by atoms with Gasteiger partial charge >= 0.3 is 0 Å². The Balaban J connectivity index is 1.60. The van der Waals surface area contributed by atoms with Crippen LogP contribution in [0.1, 0.15) is 48.7 Å². The van der Waals surface area contributed by atoms with Crippen molar-refractivity contribution in [1.82, 2.24) is 14.3 Å². The van der Waals surface area contributed by atoms with Crippen molar-refractivity contribution in [3.63, 3.8) is 0 Å². The van der Waals surface area contributed by atoms with Gasteiger partial charge < -0.3 is 13.7 Å². The maximum atomic E-state index is 13.1. The van der Waals surface area contributed by atoms with Gasteiger partial charge in [-0.1, -0.05) is 18.9 Å². The number of hydrogen-bond acceptors (Lipinski definition) is 3. The van der Waals surface area contributed by atoms with Crippen molar-refractivity contribution in [3.05, 3.63) is 59.9 Å². The number of rotatable bonds is 3. The van der Waals surface area contributed by atoms with Gasteiger partial charge in [-0.05, 0) is 43.5 Å². The lowest BCUT2D eigenvalue weighted by Gasteiger charge is -2.28. The monoisotopic (exact) mass is 337 g/mol. The number of nitrogens with zero attached hydrogens (tertiary/aromatic N) is 3. The van der Waals surface area contributed by atoms with Crippen LogP contribution in [-0.4, -0.2) is 26.7 Å². The van der Waals surface area contributed by atoms with Crippen molar-refractivity contribution in [2.24, 2.45) is 0 Å². The van der Waals surface area contributed by atoms with Crippen LogP contribution in [0, 0.1) is 6.92 Å². The first-order valence-corrected chi connectivity index (χ1v) is 8.98. The summed E-state index contributed by atoms with van der Waals surface area (Å²) in [6.07, 6.45) is 10.2. The van der Waals surface area contributed by atoms with E-state index in [1.165, 1.54) is 0 Å². The highest BCUT2D eigenvalue weighted by Crippen LogP contribution is 2.31. The van der Waals surface area contributed by atoms with Crippen molar-refractivity contribution in [1.29, 1.82) is 0 Å². The number of carbonyl (C=O) groups excluding carboxylic acids is 1. The van der Waals surface area contributed by atoms with Crippen LogP contribution in [0.3, 0.4) is 0 Å². The maximum Gasteiger partial charge on any atom is 0.229 e. The van der Waals surface area contributed by atoms with E-state index in [1.807, 2.05) is 52.9 Å². The van der Waals surface area contributed by atoms with Gasteiger partial charge in [0.25, 0.3) is 0 Å². The van der Waals surface area contributed by atoms with E-state index in [9.17, 15) is 4.79 Å². The molecule has 0 aliphatic carbocycles. The summed E-state index contributed by atoms with van der Waals surface area (Å²) in [7, 11) is 0. The maximum absolute atomic E-state index is 13.1. The fraction of sp³-hybridized carbons (Fsp3) is 0.400. The molecule has 130 valence electrons. The first kappa shape index (κ1) is 15.9. The summed E-state index contributed by atoms with van der Waals surface area (Å²) in [6.45, 7) is 2.83. The van der Waals surface area contributed by atoms with E-state index < -0.39 is 0 Å². The molecular weight excluding hydrogens is 314 g/mol. The number of aryl methyl sites for hydroxylation is 1. The predicted octanol–water partition coefficient (Wildman–Crippen LogP) is 3.92. The molecule has 1 fully saturated rings. The molecule has 1 aliphatic rings. The minimum atomic E-state index is 0.0471. The smallest absolute Gasteiger partial charge is 0.229 e. The number of imidazole rings is 1. The molecule has 3 aromatic rings. The third-order valence-corrected chi connectivity index (χ3v) is 5.08. The minimum Gasteiger partial charge on any atom is -0.467 e. The predicted molar refractivity (Wildman–Crippen MR) is 95.3 cm³/mol. The number of fused-ring (bicyclic) bond motifs is 1. The molecule has 0 N–H and O–H groups in total. The highest BCUT2D eigenvalue weighted by molar-refractivity contribution is 5.79. The van der Waals surface area contributed by atoms with Crippen LogP contribution in [0.4, 0.5) is 0 Å². The van der Waals surface area contributed by atoms with Crippen LogP contribution in [-0.2, 0) is 11.2 Å². The van der Waals surface area contributed by atoms with Crippen LogP contribution in [0.25, 0.3) is 5.65 Å². The largest absolute Gasteiger partial charge is 0.467 e. The molecule has 4 heterocycles. The summed E-state index contributed by atoms with van der Waals surface area (Å²) < 4.78 is 7.64. The lowest BCUT2D eigenvalue weighted by Crippen LogP contribution is -2.36. The SMILES string of the molecule is Cc1cccn2c(CC(=O)N3CCCCCC3c3ccco3)cnc12. The van der Waals surface area contributed by atoms with Crippen LogP contribution in [0.2, 0.25) is 0 Å². The third kappa shape index (κ3) is 3.06. The molecule has 1 saturated heterocycles. The zero-order valence-electron chi connectivity index (χ0n) is 14.5. The summed E-state index contributed by atoms with van der Waals surface area (Å²) in [6, 6.07) is 7.96. The van der Waals surface area contributed by atoms with Crippen LogP contribution < -0.4 is 0 Å². The molecule has 0 spiro atoms. The summed E-state index contributed by atoms with van der Waals surface area (Å²) in [5.74, 6) is 1.04. The normalized spacial score (nSPS) is 18.4. The van der Waals surface area contributed by atoms with E-state index in [1.54, 1.807) is 6.26 Å². The molecule has 3 aromatic heterocycles. The van der Waals surface area contributed by atoms with Crippen molar-refractivity contribution >= 4 is 11.6 Å². The van der Waals surface area contributed by atoms with Crippen molar-refractivity contribution in [2.75, 3.05) is 6.54 Å². The molecule has 1 atom stereocenters. The van der Waals surface area contributed by atoms with Gasteiger partial charge in [0.1, 0.15) is 11.4 Å². The van der Waals surface area contributed by atoms with E-state index in [0.717, 1.165) is 54.9 Å². The zero-order valence-corrected chi connectivity index (χ0v) is 14.5. The Morgan fingerprint density at radius 3 is 3.04 bits per heavy atom. The average Bonchev–Trinajstić information content (AvgIpc) is 3.21. The molecule has 25 heavy (non-hydrogen) atoms. The highest BCUT2D eigenvalue weighted by atomic mass is 16.3. The summed E-state index contributed by atoms with van der Waals surface area (Å²) in [5.41, 5.74) is 2.97. The molecule has 1 unspecified atom stereocenters. The first-order chi connectivity index (χ1) is 12.2. The van der Waals surface area contributed by atoms with Gasteiger partial charge in [-0.15, -0.1) is 0 Å². The van der Waals surface area contributed by atoms with Crippen LogP contribution >= 0.6 is 0 Å². The molecule has 1 aliphatic heterocycles. The van der Waals surface area contributed by atoms with Crippen molar-refractivity contribution in [2.45, 2.75) is 45.1 Å². The van der Waals surface area contributed by atoms with Crippen molar-refractivity contribution < 1.29 is 9.21 Å². The Bertz CT molecular complexity index is 866. The highest BCUT2D eigenvalue weighted by Gasteiger charge is 2.29. The Hall–Kier alpha value is -2.56. The van der Waals surface area contributed by atoms with Gasteiger partial charge in [0.15, 0.2) is 0 Å². The van der Waals surface area contributed by atoms with E-state index >= 15 is 0 Å². The topological polar surface area (TPSA) is 50.8 Å². The fourth-order valence-electron chi connectivity index (χ4n) is 3.77. The molecular formula is C20H23N3O2. The standard InChI is InChI=1S/C20H23N3O2/c1-15-7-5-11-22-16(14-21-20(15)22)13-19(24)23-10-4-2-3-8-17(23)18-9-6-12-25-18/h5-7,9,11-12,14,17H,2-4,8,10,13H2,1H3. The van der Waals surface area contributed by atoms with E-state index in [4.69, 9.17) is 4.42 Å². The average molecular weight is 337 g/mol. The molecule has 0 aromatic carbocycles. The second-order valence-electron chi connectivity index (χ2n) is 6.78. The van der Waals surface area contributed by atoms with Gasteiger partial charge in [-0.3, -0.25) is 4.79 Å². The van der Waals surface area contributed by atoms with E-state index in [2.05, 4.69) is 4.98 Å². The molecule has 4 rings (SSSR count). The van der Waals surface area contributed by atoms with E-state index in [0.29, 0.717) is 6.42 Å². The number of pyridine rings is 1. The Morgan fingerprint density at radius 2 is 2.20 bits per heavy atom. The molecule has 0 saturated carbocycles. The van der Waals surface area contributed by atoms with Crippen LogP contribution in [0.15, 0.2) is 47.3 Å². The fourth-order valence-corrected chi connectivity index (χ4v) is 3.77. The van der Waals surface area contributed by atoms with Crippen LogP contribution in [0.5, 0.6) is 0 Å². The van der Waals surface area contributed by atoms with Gasteiger partial charge in [0.05, 0.1) is 24.4 Å². The quantitative estimate of drug-likeness (QED) is 0.728. The second-order valence-corrected chi connectivity index (χ2v) is 6.78. The lowest BCUT2D eigenvalue weighted by atomic mass is 10.1. The Labute approximate surface area is 147 Å². The zero-order chi connectivity index (χ0) is 17.2. The van der Waals surface area contributed by atoms with Gasteiger partial charge in [0.2, 0.25) is 5.91 Å². The summed E-state index contributed by atoms with van der Waals surface area (Å²) in [5, 5.41) is 0. The second kappa shape index (κ2) is 6.75. The number of carbonyl (C=O) groups is 1. The Kier molecular flexibility index (Phi) is 4.30.